The Morgan fingerprint density at radius 3 is 2.77 bits per heavy atom. The van der Waals surface area contributed by atoms with Gasteiger partial charge in [-0.15, -0.1) is 0 Å². The van der Waals surface area contributed by atoms with Gasteiger partial charge in [-0.1, -0.05) is 33.3 Å². The van der Waals surface area contributed by atoms with Gasteiger partial charge >= 0.3 is 0 Å². The Bertz CT molecular complexity index is 655. The molecule has 4 nitrogen and oxygen atoms in total. The standard InChI is InChI=1S/C18H22N2O2/c1-5-7-13-8-6-9-20-15(13)18(22-4)10-14(11-19)16(21)17(2,3)12-18/h6,8-10H,5,7,12H2,1-4H3. The van der Waals surface area contributed by atoms with Gasteiger partial charge < -0.3 is 4.74 Å². The van der Waals surface area contributed by atoms with Gasteiger partial charge in [0.15, 0.2) is 5.78 Å². The maximum absolute atomic E-state index is 12.4. The van der Waals surface area contributed by atoms with Gasteiger partial charge in [0.05, 0.1) is 11.3 Å². The molecule has 4 heteroatoms. The minimum atomic E-state index is -0.825. The topological polar surface area (TPSA) is 63.0 Å². The Kier molecular flexibility index (Phi) is 4.48. The summed E-state index contributed by atoms with van der Waals surface area (Å²) in [6.45, 7) is 5.83. The normalized spacial score (nSPS) is 23.8. The number of ketones is 1. The fourth-order valence-electron chi connectivity index (χ4n) is 3.20. The minimum Gasteiger partial charge on any atom is -0.368 e. The number of aryl methyl sites for hydroxylation is 1. The molecule has 1 heterocycles. The van der Waals surface area contributed by atoms with Crippen molar-refractivity contribution >= 4 is 5.78 Å². The summed E-state index contributed by atoms with van der Waals surface area (Å²) in [6, 6.07) is 5.97. The average molecular weight is 298 g/mol. The number of carbonyl (C=O) groups excluding carboxylic acids is 1. The number of methoxy groups -OCH3 is 1. The molecule has 2 rings (SSSR count). The van der Waals surface area contributed by atoms with E-state index in [1.54, 1.807) is 19.4 Å². The maximum atomic E-state index is 12.4. The van der Waals surface area contributed by atoms with E-state index in [9.17, 15) is 10.1 Å². The zero-order valence-corrected chi connectivity index (χ0v) is 13.6. The number of ether oxygens (including phenoxy) is 1. The third-order valence-corrected chi connectivity index (χ3v) is 4.24. The first kappa shape index (κ1) is 16.4. The van der Waals surface area contributed by atoms with Crippen LogP contribution in [-0.4, -0.2) is 17.9 Å². The summed E-state index contributed by atoms with van der Waals surface area (Å²) >= 11 is 0. The van der Waals surface area contributed by atoms with E-state index in [4.69, 9.17) is 4.74 Å². The molecule has 0 amide bonds. The van der Waals surface area contributed by atoms with Crippen molar-refractivity contribution in [2.75, 3.05) is 7.11 Å². The van der Waals surface area contributed by atoms with E-state index in [0.717, 1.165) is 24.1 Å². The van der Waals surface area contributed by atoms with Crippen molar-refractivity contribution in [2.24, 2.45) is 5.41 Å². The first-order chi connectivity index (χ1) is 10.4. The SMILES string of the molecule is CCCc1cccnc1C1(OC)C=C(C#N)C(=O)C(C)(C)C1. The summed E-state index contributed by atoms with van der Waals surface area (Å²) < 4.78 is 5.83. The molecule has 116 valence electrons. The number of aromatic nitrogens is 1. The lowest BCUT2D eigenvalue weighted by Crippen LogP contribution is -2.43. The molecule has 0 N–H and O–H groups in total. The Balaban J connectivity index is 2.66. The summed E-state index contributed by atoms with van der Waals surface area (Å²) in [6.07, 6.45) is 5.75. The van der Waals surface area contributed by atoms with Gasteiger partial charge in [0.1, 0.15) is 11.7 Å². The van der Waals surface area contributed by atoms with E-state index in [0.29, 0.717) is 6.42 Å². The molecular weight excluding hydrogens is 276 g/mol. The van der Waals surface area contributed by atoms with Crippen LogP contribution in [0, 0.1) is 16.7 Å². The number of hydrogen-bond acceptors (Lipinski definition) is 4. The molecule has 0 spiro atoms. The number of carbonyl (C=O) groups is 1. The van der Waals surface area contributed by atoms with E-state index in [2.05, 4.69) is 11.9 Å². The van der Waals surface area contributed by atoms with Crippen LogP contribution in [0.5, 0.6) is 0 Å². The molecule has 1 aliphatic rings. The summed E-state index contributed by atoms with van der Waals surface area (Å²) in [4.78, 5) is 16.9. The van der Waals surface area contributed by atoms with Crippen LogP contribution in [0.15, 0.2) is 30.0 Å². The number of hydrogen-bond donors (Lipinski definition) is 0. The van der Waals surface area contributed by atoms with Crippen molar-refractivity contribution in [3.05, 3.63) is 41.2 Å². The molecule has 0 saturated heterocycles. The van der Waals surface area contributed by atoms with Crippen LogP contribution in [0.2, 0.25) is 0 Å². The van der Waals surface area contributed by atoms with Crippen LogP contribution < -0.4 is 0 Å². The minimum absolute atomic E-state index is 0.129. The molecule has 0 aliphatic heterocycles. The van der Waals surface area contributed by atoms with Crippen molar-refractivity contribution in [1.29, 1.82) is 5.26 Å². The summed E-state index contributed by atoms with van der Waals surface area (Å²) in [5.74, 6) is -0.129. The quantitative estimate of drug-likeness (QED) is 0.855. The number of Topliss-reactive ketones (excluding diaryl/α,β-unsaturated/α-hetero) is 1. The number of rotatable bonds is 4. The van der Waals surface area contributed by atoms with E-state index in [-0.39, 0.29) is 11.4 Å². The van der Waals surface area contributed by atoms with Crippen molar-refractivity contribution in [1.82, 2.24) is 4.98 Å². The fourth-order valence-corrected chi connectivity index (χ4v) is 3.20. The van der Waals surface area contributed by atoms with Crippen LogP contribution in [0.1, 0.15) is 44.9 Å². The van der Waals surface area contributed by atoms with E-state index in [1.807, 2.05) is 32.0 Å². The van der Waals surface area contributed by atoms with Crippen molar-refractivity contribution in [3.63, 3.8) is 0 Å². The molecule has 1 atom stereocenters. The van der Waals surface area contributed by atoms with Crippen LogP contribution >= 0.6 is 0 Å². The first-order valence-corrected chi connectivity index (χ1v) is 7.57. The maximum Gasteiger partial charge on any atom is 0.178 e. The number of nitriles is 1. The summed E-state index contributed by atoms with van der Waals surface area (Å²) in [5, 5.41) is 9.33. The van der Waals surface area contributed by atoms with Crippen LogP contribution in [0.3, 0.4) is 0 Å². The zero-order chi connectivity index (χ0) is 16.4. The fraction of sp³-hybridized carbons (Fsp3) is 0.500. The van der Waals surface area contributed by atoms with Gasteiger partial charge in [-0.2, -0.15) is 5.26 Å². The zero-order valence-electron chi connectivity index (χ0n) is 13.6. The number of allylic oxidation sites excluding steroid dienone is 1. The third kappa shape index (κ3) is 2.69. The van der Waals surface area contributed by atoms with Gasteiger partial charge in [-0.3, -0.25) is 9.78 Å². The Labute approximate surface area is 131 Å². The van der Waals surface area contributed by atoms with E-state index >= 15 is 0 Å². The monoisotopic (exact) mass is 298 g/mol. The predicted molar refractivity (Wildman–Crippen MR) is 84.0 cm³/mol. The smallest absolute Gasteiger partial charge is 0.178 e. The molecule has 1 aliphatic carbocycles. The van der Waals surface area contributed by atoms with Crippen LogP contribution in [-0.2, 0) is 21.6 Å². The molecule has 0 saturated carbocycles. The second-order valence-corrected chi connectivity index (χ2v) is 6.41. The lowest BCUT2D eigenvalue weighted by Gasteiger charge is -2.40. The molecule has 0 bridgehead atoms. The number of pyridine rings is 1. The molecule has 1 aromatic rings. The van der Waals surface area contributed by atoms with E-state index < -0.39 is 11.0 Å². The Hall–Kier alpha value is -1.99. The first-order valence-electron chi connectivity index (χ1n) is 7.57. The largest absolute Gasteiger partial charge is 0.368 e. The highest BCUT2D eigenvalue weighted by Crippen LogP contribution is 2.45. The van der Waals surface area contributed by atoms with Gasteiger partial charge in [0.25, 0.3) is 0 Å². The van der Waals surface area contributed by atoms with Crippen molar-refractivity contribution in [2.45, 2.75) is 45.6 Å². The molecule has 22 heavy (non-hydrogen) atoms. The second kappa shape index (κ2) is 6.02. The Morgan fingerprint density at radius 1 is 1.45 bits per heavy atom. The van der Waals surface area contributed by atoms with Gasteiger partial charge in [0.2, 0.25) is 0 Å². The lowest BCUT2D eigenvalue weighted by atomic mass is 9.68. The summed E-state index contributed by atoms with van der Waals surface area (Å²) in [5.41, 5.74) is 0.592. The highest BCUT2D eigenvalue weighted by atomic mass is 16.5. The lowest BCUT2D eigenvalue weighted by molar-refractivity contribution is -0.128. The Morgan fingerprint density at radius 2 is 2.18 bits per heavy atom. The van der Waals surface area contributed by atoms with Gasteiger partial charge in [-0.25, -0.2) is 0 Å². The highest BCUT2D eigenvalue weighted by Gasteiger charge is 2.47. The molecule has 1 aromatic heterocycles. The highest BCUT2D eigenvalue weighted by molar-refractivity contribution is 6.04. The van der Waals surface area contributed by atoms with Crippen molar-refractivity contribution < 1.29 is 9.53 Å². The van der Waals surface area contributed by atoms with E-state index in [1.165, 1.54) is 0 Å². The molecular formula is C18H22N2O2. The average Bonchev–Trinajstić information content (AvgIpc) is 2.51. The molecule has 0 aromatic carbocycles. The van der Waals surface area contributed by atoms with Gasteiger partial charge in [0, 0.05) is 18.7 Å². The summed E-state index contributed by atoms with van der Waals surface area (Å²) in [7, 11) is 1.61. The molecule has 0 fully saturated rings. The van der Waals surface area contributed by atoms with Gasteiger partial charge in [-0.05, 0) is 30.5 Å². The second-order valence-electron chi connectivity index (χ2n) is 6.41. The van der Waals surface area contributed by atoms with Crippen molar-refractivity contribution in [3.8, 4) is 6.07 Å². The number of nitrogens with zero attached hydrogens (tertiary/aromatic N) is 2. The van der Waals surface area contributed by atoms with Crippen LogP contribution in [0.25, 0.3) is 0 Å². The molecule has 0 radical (unpaired) electrons. The molecule has 1 unspecified atom stereocenters. The van der Waals surface area contributed by atoms with Crippen LogP contribution in [0.4, 0.5) is 0 Å². The predicted octanol–water partition coefficient (Wildman–Crippen LogP) is 3.32. The third-order valence-electron chi connectivity index (χ3n) is 4.24.